The molecule has 0 amide bonds. The highest BCUT2D eigenvalue weighted by Crippen LogP contribution is 2.51. The third-order valence-corrected chi connectivity index (χ3v) is 10.8. The van der Waals surface area contributed by atoms with Crippen molar-refractivity contribution in [2.24, 2.45) is 5.41 Å². The number of unbranched alkanes of at least 4 members (excludes halogenated alkanes) is 18. The Bertz CT molecular complexity index is 851. The third-order valence-electron chi connectivity index (χ3n) is 8.35. The molecule has 0 N–H and O–H groups in total. The molecule has 1 aromatic heterocycles. The van der Waals surface area contributed by atoms with E-state index in [-0.39, 0.29) is 38.0 Å². The number of carbonyl (C=O) groups excluding carboxylic acids is 2. The second-order valence-electron chi connectivity index (χ2n) is 12.5. The molecule has 0 unspecified atom stereocenters. The van der Waals surface area contributed by atoms with Crippen LogP contribution in [0.25, 0.3) is 0 Å². The maximum atomic E-state index is 13.0. The number of fused-ring (bicyclic) bond motifs is 1. The number of halogens is 2. The van der Waals surface area contributed by atoms with Gasteiger partial charge in [-0.05, 0) is 44.7 Å². The summed E-state index contributed by atoms with van der Waals surface area (Å²) >= 11 is 8.54. The molecule has 1 aromatic rings. The van der Waals surface area contributed by atoms with Gasteiger partial charge in [-0.2, -0.15) is 0 Å². The molecular weight excluding hydrogens is 708 g/mol. The summed E-state index contributed by atoms with van der Waals surface area (Å²) in [5.74, 6) is 0.554. The Morgan fingerprint density at radius 2 is 0.909 bits per heavy atom. The second-order valence-corrected chi connectivity index (χ2v) is 16.2. The van der Waals surface area contributed by atoms with Crippen molar-refractivity contribution < 1.29 is 28.5 Å². The molecule has 6 nitrogen and oxygen atoms in total. The van der Waals surface area contributed by atoms with E-state index in [0.29, 0.717) is 24.7 Å². The normalized spacial score (nSPS) is 13.9. The van der Waals surface area contributed by atoms with Crippen molar-refractivity contribution in [3.05, 3.63) is 7.57 Å². The minimum absolute atomic E-state index is 0.0427. The van der Waals surface area contributed by atoms with Crippen molar-refractivity contribution in [2.45, 2.75) is 155 Å². The first-order chi connectivity index (χ1) is 21.4. The predicted molar refractivity (Wildman–Crippen MR) is 188 cm³/mol. The predicted octanol–water partition coefficient (Wildman–Crippen LogP) is 11.7. The van der Waals surface area contributed by atoms with Gasteiger partial charge in [0.05, 0.1) is 44.7 Å². The second kappa shape index (κ2) is 24.4. The molecule has 0 radical (unpaired) electrons. The van der Waals surface area contributed by atoms with Crippen LogP contribution in [0.3, 0.4) is 0 Å². The molecule has 9 heteroatoms. The monoisotopic (exact) mass is 764 g/mol. The number of ether oxygens (including phenoxy) is 4. The van der Waals surface area contributed by atoms with Gasteiger partial charge in [0.25, 0.3) is 0 Å². The van der Waals surface area contributed by atoms with Crippen LogP contribution in [0.5, 0.6) is 11.5 Å². The first kappa shape index (κ1) is 39.4. The Morgan fingerprint density at radius 3 is 1.25 bits per heavy atom. The molecule has 0 saturated heterocycles. The molecule has 1 aliphatic rings. The topological polar surface area (TPSA) is 71.1 Å². The van der Waals surface area contributed by atoms with E-state index in [0.717, 1.165) is 33.3 Å². The molecule has 0 saturated carbocycles. The minimum Gasteiger partial charge on any atom is -0.487 e. The molecule has 254 valence electrons. The zero-order valence-corrected chi connectivity index (χ0v) is 31.5. The van der Waals surface area contributed by atoms with E-state index in [2.05, 4.69) is 45.7 Å². The standard InChI is InChI=1S/C35H58Br2O6S/c1-3-5-7-9-11-13-15-17-19-21-23-40-29(38)25-35(27-42-31-32(43-28-35)34(37)44-33(31)36)26-30(39)41-24-22-20-18-16-14-12-10-8-6-4-2/h3-28H2,1-2H3. The van der Waals surface area contributed by atoms with Gasteiger partial charge in [0.15, 0.2) is 11.5 Å². The molecule has 0 atom stereocenters. The highest BCUT2D eigenvalue weighted by Gasteiger charge is 2.42. The lowest BCUT2D eigenvalue weighted by Gasteiger charge is -2.29. The molecule has 0 aliphatic carbocycles. The van der Waals surface area contributed by atoms with Crippen molar-refractivity contribution >= 4 is 55.1 Å². The van der Waals surface area contributed by atoms with Gasteiger partial charge >= 0.3 is 11.9 Å². The lowest BCUT2D eigenvalue weighted by molar-refractivity contribution is -0.153. The summed E-state index contributed by atoms with van der Waals surface area (Å²) in [6.45, 7) is 5.64. The molecule has 1 aliphatic heterocycles. The van der Waals surface area contributed by atoms with Crippen LogP contribution in [0.2, 0.25) is 0 Å². The Hall–Kier alpha value is -0.800. The lowest BCUT2D eigenvalue weighted by Crippen LogP contribution is -2.39. The molecule has 0 aromatic carbocycles. The van der Waals surface area contributed by atoms with E-state index >= 15 is 0 Å². The van der Waals surface area contributed by atoms with Crippen molar-refractivity contribution in [1.29, 1.82) is 0 Å². The first-order valence-corrected chi connectivity index (χ1v) is 19.9. The van der Waals surface area contributed by atoms with E-state index in [4.69, 9.17) is 18.9 Å². The van der Waals surface area contributed by atoms with Crippen molar-refractivity contribution in [2.75, 3.05) is 26.4 Å². The summed E-state index contributed by atoms with van der Waals surface area (Å²) in [5.41, 5.74) is -0.862. The van der Waals surface area contributed by atoms with Crippen LogP contribution in [0.15, 0.2) is 7.57 Å². The van der Waals surface area contributed by atoms with Crippen molar-refractivity contribution in [3.63, 3.8) is 0 Å². The fourth-order valence-corrected chi connectivity index (χ4v) is 8.48. The molecule has 2 heterocycles. The minimum atomic E-state index is -0.862. The first-order valence-electron chi connectivity index (χ1n) is 17.5. The zero-order valence-electron chi connectivity index (χ0n) is 27.5. The highest BCUT2D eigenvalue weighted by molar-refractivity contribution is 9.12. The van der Waals surface area contributed by atoms with Crippen LogP contribution < -0.4 is 9.47 Å². The van der Waals surface area contributed by atoms with Crippen LogP contribution in [0.4, 0.5) is 0 Å². The Balaban J connectivity index is 1.74. The summed E-state index contributed by atoms with van der Waals surface area (Å²) in [7, 11) is 0. The molecule has 2 rings (SSSR count). The Morgan fingerprint density at radius 1 is 0.591 bits per heavy atom. The van der Waals surface area contributed by atoms with E-state index in [1.54, 1.807) is 0 Å². The SMILES string of the molecule is CCCCCCCCCCCCOC(=O)CC1(CC(=O)OCCCCCCCCCCCC)COc2c(Br)sc(Br)c2OC1. The van der Waals surface area contributed by atoms with Gasteiger partial charge in [-0.3, -0.25) is 9.59 Å². The van der Waals surface area contributed by atoms with Crippen LogP contribution in [0, 0.1) is 5.41 Å². The maximum absolute atomic E-state index is 13.0. The number of thiophene rings is 1. The third kappa shape index (κ3) is 16.7. The van der Waals surface area contributed by atoms with E-state index < -0.39 is 5.41 Å². The average Bonchev–Trinajstić information content (AvgIpc) is 3.14. The van der Waals surface area contributed by atoms with Gasteiger partial charge in [-0.25, -0.2) is 0 Å². The lowest BCUT2D eigenvalue weighted by atomic mass is 9.82. The summed E-state index contributed by atoms with van der Waals surface area (Å²) in [6.07, 6.45) is 24.6. The van der Waals surface area contributed by atoms with Gasteiger partial charge < -0.3 is 18.9 Å². The van der Waals surface area contributed by atoms with Crippen molar-refractivity contribution in [3.8, 4) is 11.5 Å². The highest BCUT2D eigenvalue weighted by atomic mass is 79.9. The zero-order chi connectivity index (χ0) is 31.9. The Labute approximate surface area is 288 Å². The van der Waals surface area contributed by atoms with Gasteiger partial charge in [-0.15, -0.1) is 11.3 Å². The average molecular weight is 767 g/mol. The largest absolute Gasteiger partial charge is 0.487 e. The van der Waals surface area contributed by atoms with Gasteiger partial charge in [-0.1, -0.05) is 129 Å². The molecule has 0 bridgehead atoms. The summed E-state index contributed by atoms with van der Waals surface area (Å²) in [6, 6.07) is 0. The summed E-state index contributed by atoms with van der Waals surface area (Å²) in [5, 5.41) is 0. The molecular formula is C35H58Br2O6S. The van der Waals surface area contributed by atoms with Crippen molar-refractivity contribution in [1.82, 2.24) is 0 Å². The van der Waals surface area contributed by atoms with E-state index in [1.807, 2.05) is 0 Å². The van der Waals surface area contributed by atoms with E-state index in [9.17, 15) is 9.59 Å². The number of carbonyl (C=O) groups is 2. The fraction of sp³-hybridized carbons (Fsp3) is 0.829. The molecule has 44 heavy (non-hydrogen) atoms. The quantitative estimate of drug-likeness (QED) is 0.0691. The van der Waals surface area contributed by atoms with Gasteiger partial charge in [0.2, 0.25) is 0 Å². The van der Waals surface area contributed by atoms with Crippen LogP contribution >= 0.6 is 43.2 Å². The smallest absolute Gasteiger partial charge is 0.306 e. The number of hydrogen-bond acceptors (Lipinski definition) is 7. The number of esters is 2. The fourth-order valence-electron chi connectivity index (χ4n) is 5.62. The number of rotatable bonds is 26. The molecule has 0 spiro atoms. The van der Waals surface area contributed by atoms with Gasteiger partial charge in [0, 0.05) is 0 Å². The van der Waals surface area contributed by atoms with Gasteiger partial charge in [0.1, 0.15) is 7.57 Å². The maximum Gasteiger partial charge on any atom is 0.306 e. The number of hydrogen-bond donors (Lipinski definition) is 0. The van der Waals surface area contributed by atoms with Crippen LogP contribution in [-0.2, 0) is 19.1 Å². The molecule has 0 fully saturated rings. The van der Waals surface area contributed by atoms with Crippen LogP contribution in [-0.4, -0.2) is 38.4 Å². The van der Waals surface area contributed by atoms with Crippen LogP contribution in [0.1, 0.15) is 155 Å². The van der Waals surface area contributed by atoms with E-state index in [1.165, 1.54) is 114 Å². The summed E-state index contributed by atoms with van der Waals surface area (Å²) < 4.78 is 25.1. The Kier molecular flexibility index (Phi) is 21.8. The summed E-state index contributed by atoms with van der Waals surface area (Å²) in [4.78, 5) is 25.9.